The number of nitrogen functional groups attached to an aromatic ring is 1. The van der Waals surface area contributed by atoms with Gasteiger partial charge in [-0.2, -0.15) is 0 Å². The van der Waals surface area contributed by atoms with Crippen molar-refractivity contribution >= 4 is 16.8 Å². The van der Waals surface area contributed by atoms with Crippen LogP contribution in [0.4, 0.5) is 18.9 Å². The summed E-state index contributed by atoms with van der Waals surface area (Å²) in [7, 11) is 1.26. The number of aryl methyl sites for hydroxylation is 1. The van der Waals surface area contributed by atoms with Gasteiger partial charge >= 0.3 is 0 Å². The Bertz CT molecular complexity index is 1300. The number of benzene rings is 3. The van der Waals surface area contributed by atoms with Crippen LogP contribution in [0.25, 0.3) is 11.1 Å². The van der Waals surface area contributed by atoms with E-state index in [9.17, 15) is 13.2 Å². The monoisotopic (exact) mass is 522 g/mol. The van der Waals surface area contributed by atoms with Crippen molar-refractivity contribution in [2.24, 2.45) is 0 Å². The maximum absolute atomic E-state index is 14.7. The molecule has 1 unspecified atom stereocenters. The molecule has 7 heteroatoms. The van der Waals surface area contributed by atoms with Crippen LogP contribution < -0.4 is 15.2 Å². The Morgan fingerprint density at radius 1 is 0.974 bits per heavy atom. The summed E-state index contributed by atoms with van der Waals surface area (Å²) in [6.45, 7) is 2.16. The van der Waals surface area contributed by atoms with E-state index in [1.54, 1.807) is 0 Å². The summed E-state index contributed by atoms with van der Waals surface area (Å²) in [6.07, 6.45) is 3.83. The molecule has 200 valence electrons. The lowest BCUT2D eigenvalue weighted by Gasteiger charge is -2.19. The molecule has 3 aromatic rings. The Balaban J connectivity index is 1.51. The molecule has 1 atom stereocenters. The molecular weight excluding hydrogens is 489 g/mol. The zero-order valence-corrected chi connectivity index (χ0v) is 21.6. The van der Waals surface area contributed by atoms with Gasteiger partial charge in [-0.15, -0.1) is 0 Å². The van der Waals surface area contributed by atoms with Crippen LogP contribution in [0.3, 0.4) is 0 Å². The van der Waals surface area contributed by atoms with Gasteiger partial charge in [0.05, 0.1) is 13.8 Å². The highest BCUT2D eigenvalue weighted by Gasteiger charge is 2.25. The van der Waals surface area contributed by atoms with Gasteiger partial charge in [-0.25, -0.2) is 8.78 Å². The molecular formula is C31H33F3N2O2. The Labute approximate surface area is 221 Å². The maximum Gasteiger partial charge on any atom is 0.190 e. The van der Waals surface area contributed by atoms with Crippen LogP contribution in [0.15, 0.2) is 54.6 Å². The molecule has 0 bridgehead atoms. The number of ether oxygens (including phenoxy) is 2. The molecule has 0 amide bonds. The molecule has 0 radical (unpaired) electrons. The second kappa shape index (κ2) is 11.5. The van der Waals surface area contributed by atoms with Crippen molar-refractivity contribution in [3.63, 3.8) is 0 Å². The number of halogens is 3. The molecule has 1 fully saturated rings. The topological polar surface area (TPSA) is 47.7 Å². The lowest BCUT2D eigenvalue weighted by molar-refractivity contribution is 0.198. The van der Waals surface area contributed by atoms with Crippen molar-refractivity contribution in [3.8, 4) is 11.5 Å². The van der Waals surface area contributed by atoms with Gasteiger partial charge in [-0.3, -0.25) is 9.29 Å². The first-order valence-corrected chi connectivity index (χ1v) is 13.2. The first kappa shape index (κ1) is 26.2. The van der Waals surface area contributed by atoms with Gasteiger partial charge in [0.25, 0.3) is 0 Å². The molecule has 38 heavy (non-hydrogen) atoms. The van der Waals surface area contributed by atoms with Crippen molar-refractivity contribution in [2.45, 2.75) is 38.2 Å². The van der Waals surface area contributed by atoms with E-state index in [0.29, 0.717) is 24.1 Å². The molecule has 2 N–H and O–H groups in total. The minimum Gasteiger partial charge on any atom is -0.491 e. The number of nitrogens with zero attached hydrogens (tertiary/aromatic N) is 1. The molecule has 0 spiro atoms. The normalized spacial score (nSPS) is 17.8. The first-order valence-electron chi connectivity index (χ1n) is 13.2. The van der Waals surface area contributed by atoms with E-state index in [2.05, 4.69) is 4.90 Å². The van der Waals surface area contributed by atoms with E-state index < -0.39 is 11.6 Å². The highest BCUT2D eigenvalue weighted by atomic mass is 19.1. The number of hydrogen-bond acceptors (Lipinski definition) is 4. The van der Waals surface area contributed by atoms with E-state index in [1.165, 1.54) is 19.2 Å². The molecule has 3 aromatic carbocycles. The first-order chi connectivity index (χ1) is 18.5. The van der Waals surface area contributed by atoms with Crippen molar-refractivity contribution in [2.75, 3.05) is 39.2 Å². The van der Waals surface area contributed by atoms with Crippen LogP contribution >= 0.6 is 0 Å². The number of likely N-dealkylation sites (tertiary alicyclic amines) is 1. The summed E-state index contributed by atoms with van der Waals surface area (Å²) in [6, 6.07) is 16.4. The van der Waals surface area contributed by atoms with Gasteiger partial charge in [0.1, 0.15) is 11.9 Å². The van der Waals surface area contributed by atoms with Gasteiger partial charge in [0.15, 0.2) is 17.4 Å². The van der Waals surface area contributed by atoms with Gasteiger partial charge in [-0.1, -0.05) is 18.2 Å². The number of fused-ring (bicyclic) bond motifs is 1. The van der Waals surface area contributed by atoms with Gasteiger partial charge in [0.2, 0.25) is 0 Å². The van der Waals surface area contributed by atoms with E-state index in [-0.39, 0.29) is 18.5 Å². The zero-order valence-electron chi connectivity index (χ0n) is 21.6. The average Bonchev–Trinajstić information content (AvgIpc) is 3.26. The summed E-state index contributed by atoms with van der Waals surface area (Å²) in [5.41, 5.74) is 12.2. The Kier molecular flexibility index (Phi) is 7.93. The second-order valence-corrected chi connectivity index (χ2v) is 9.99. The van der Waals surface area contributed by atoms with Gasteiger partial charge < -0.3 is 15.2 Å². The summed E-state index contributed by atoms with van der Waals surface area (Å²) in [5, 5.41) is 0. The third kappa shape index (κ3) is 5.53. The lowest BCUT2D eigenvalue weighted by Crippen LogP contribution is -2.26. The third-order valence-electron chi connectivity index (χ3n) is 7.41. The average molecular weight is 523 g/mol. The number of nitrogens with two attached hydrogens (primary N) is 1. The number of allylic oxidation sites excluding steroid dienone is 1. The SMILES string of the molecule is COc1c(F)cc(C2=C(c3ccc(OC4CCN(CCCF)C4)cc3)c3ccc(N)cc3CCC2)cc1F. The molecule has 1 saturated heterocycles. The summed E-state index contributed by atoms with van der Waals surface area (Å²) in [5.74, 6) is -1.07. The molecule has 4 nitrogen and oxygen atoms in total. The van der Waals surface area contributed by atoms with E-state index in [1.807, 2.05) is 42.5 Å². The molecule has 1 aliphatic heterocycles. The summed E-state index contributed by atoms with van der Waals surface area (Å²) < 4.78 is 53.1. The molecule has 0 saturated carbocycles. The minimum absolute atomic E-state index is 0.0714. The fourth-order valence-corrected chi connectivity index (χ4v) is 5.63. The van der Waals surface area contributed by atoms with Crippen molar-refractivity contribution in [1.29, 1.82) is 0 Å². The van der Waals surface area contributed by atoms with Crippen molar-refractivity contribution in [1.82, 2.24) is 4.90 Å². The van der Waals surface area contributed by atoms with E-state index >= 15 is 0 Å². The third-order valence-corrected chi connectivity index (χ3v) is 7.41. The van der Waals surface area contributed by atoms with Crippen LogP contribution in [0.2, 0.25) is 0 Å². The number of hydrogen-bond donors (Lipinski definition) is 1. The van der Waals surface area contributed by atoms with Crippen LogP contribution in [0, 0.1) is 11.6 Å². The van der Waals surface area contributed by atoms with Crippen molar-refractivity contribution in [3.05, 3.63) is 88.5 Å². The molecule has 5 rings (SSSR count). The number of alkyl halides is 1. The highest BCUT2D eigenvalue weighted by Crippen LogP contribution is 2.42. The second-order valence-electron chi connectivity index (χ2n) is 9.99. The predicted octanol–water partition coefficient (Wildman–Crippen LogP) is 6.66. The number of rotatable bonds is 8. The Morgan fingerprint density at radius 3 is 2.45 bits per heavy atom. The smallest absolute Gasteiger partial charge is 0.190 e. The summed E-state index contributed by atoms with van der Waals surface area (Å²) in [4.78, 5) is 2.23. The highest BCUT2D eigenvalue weighted by molar-refractivity contribution is 6.00. The Hall–Kier alpha value is -3.45. The maximum atomic E-state index is 14.7. The number of methoxy groups -OCH3 is 1. The van der Waals surface area contributed by atoms with Gasteiger partial charge in [-0.05, 0) is 102 Å². The van der Waals surface area contributed by atoms with Crippen molar-refractivity contribution < 1.29 is 22.6 Å². The molecule has 2 aliphatic rings. The fraction of sp³-hybridized carbons (Fsp3) is 0.355. The van der Waals surface area contributed by atoms with Gasteiger partial charge in [0, 0.05) is 25.3 Å². The summed E-state index contributed by atoms with van der Waals surface area (Å²) >= 11 is 0. The van der Waals surface area contributed by atoms with E-state index in [0.717, 1.165) is 72.5 Å². The van der Waals surface area contributed by atoms with E-state index in [4.69, 9.17) is 15.2 Å². The minimum atomic E-state index is -0.725. The standard InChI is InChI=1S/C31H33F3N2O2/c1-37-31-28(33)17-22(18-29(31)34)26-5-2-4-21-16-23(35)8-11-27(21)30(26)20-6-9-24(10-7-20)38-25-12-15-36(19-25)14-3-13-32/h6-11,16-18,25H,2-5,12-15,19,35H2,1H3. The molecule has 1 heterocycles. The largest absolute Gasteiger partial charge is 0.491 e. The lowest BCUT2D eigenvalue weighted by atomic mass is 9.87. The number of anilines is 1. The fourth-order valence-electron chi connectivity index (χ4n) is 5.63. The van der Waals surface area contributed by atoms with Crippen LogP contribution in [-0.4, -0.2) is 44.4 Å². The predicted molar refractivity (Wildman–Crippen MR) is 145 cm³/mol. The van der Waals surface area contributed by atoms with Crippen LogP contribution in [-0.2, 0) is 6.42 Å². The van der Waals surface area contributed by atoms with Crippen LogP contribution in [0.5, 0.6) is 11.5 Å². The Morgan fingerprint density at radius 2 is 1.74 bits per heavy atom. The molecule has 1 aliphatic carbocycles. The van der Waals surface area contributed by atoms with Crippen LogP contribution in [0.1, 0.15) is 47.9 Å². The quantitative estimate of drug-likeness (QED) is 0.336. The molecule has 0 aromatic heterocycles. The zero-order chi connectivity index (χ0) is 26.6.